The number of nitrogens with zero attached hydrogens (tertiary/aromatic N) is 2. The molecule has 0 bridgehead atoms. The summed E-state index contributed by atoms with van der Waals surface area (Å²) in [4.78, 5) is 32.4. The number of amides is 1. The molecule has 5 rings (SSSR count). The maximum absolute atomic E-state index is 13.7. The Bertz CT molecular complexity index is 1740. The van der Waals surface area contributed by atoms with Crippen LogP contribution < -0.4 is 24.9 Å². The van der Waals surface area contributed by atoms with Gasteiger partial charge in [0.1, 0.15) is 17.6 Å². The fourth-order valence-corrected chi connectivity index (χ4v) is 5.37. The maximum atomic E-state index is 13.7. The van der Waals surface area contributed by atoms with Gasteiger partial charge in [-0.05, 0) is 68.3 Å². The van der Waals surface area contributed by atoms with E-state index in [9.17, 15) is 14.7 Å². The van der Waals surface area contributed by atoms with Crippen LogP contribution in [0.4, 0.5) is 5.69 Å². The Hall–Kier alpha value is -4.37. The Kier molecular flexibility index (Phi) is 6.31. The highest BCUT2D eigenvalue weighted by Gasteiger charge is 2.34. The van der Waals surface area contributed by atoms with Crippen molar-refractivity contribution >= 4 is 29.0 Å². The van der Waals surface area contributed by atoms with Crippen molar-refractivity contribution in [3.63, 3.8) is 0 Å². The number of phenols is 1. The van der Waals surface area contributed by atoms with Gasteiger partial charge in [-0.25, -0.2) is 4.99 Å². The number of anilines is 1. The number of aromatic hydroxyl groups is 1. The molecule has 1 unspecified atom stereocenters. The van der Waals surface area contributed by atoms with Crippen LogP contribution in [0.15, 0.2) is 80.1 Å². The number of methoxy groups -OCH3 is 1. The minimum atomic E-state index is -0.787. The zero-order valence-electron chi connectivity index (χ0n) is 20.7. The van der Waals surface area contributed by atoms with E-state index in [-0.39, 0.29) is 17.2 Å². The van der Waals surface area contributed by atoms with E-state index in [0.717, 1.165) is 5.56 Å². The second-order valence-electron chi connectivity index (χ2n) is 8.73. The highest BCUT2D eigenvalue weighted by molar-refractivity contribution is 7.07. The Morgan fingerprint density at radius 3 is 2.65 bits per heavy atom. The minimum absolute atomic E-state index is 0.00855. The molecule has 0 saturated heterocycles. The summed E-state index contributed by atoms with van der Waals surface area (Å²) in [5, 5.41) is 12.9. The monoisotopic (exact) mass is 515 g/mol. The number of aromatic nitrogens is 1. The van der Waals surface area contributed by atoms with Crippen molar-refractivity contribution in [2.45, 2.75) is 26.8 Å². The van der Waals surface area contributed by atoms with Crippen LogP contribution in [-0.4, -0.2) is 22.7 Å². The van der Waals surface area contributed by atoms with Crippen molar-refractivity contribution < 1.29 is 19.1 Å². The molecule has 0 aliphatic carbocycles. The fraction of sp³-hybridized carbons (Fsp3) is 0.179. The number of carbonyl (C=O) groups is 1. The standard InChI is InChI=1S/C28H25N3O5S/c1-15-7-5-6-8-19(15)30-26(33)24-17(3)29-28-31(25(24)21-12-9-16(2)36-21)27(34)23(37-28)14-18-10-11-20(32)22(13-18)35-4/h5-14,25,32H,1-4H3,(H,30,33)/b23-14+. The second-order valence-corrected chi connectivity index (χ2v) is 9.74. The molecule has 2 N–H and O–H groups in total. The minimum Gasteiger partial charge on any atom is -0.504 e. The molecule has 1 aliphatic heterocycles. The van der Waals surface area contributed by atoms with Gasteiger partial charge in [-0.3, -0.25) is 14.2 Å². The van der Waals surface area contributed by atoms with Crippen molar-refractivity contribution in [3.8, 4) is 11.5 Å². The van der Waals surface area contributed by atoms with Crippen LogP contribution in [-0.2, 0) is 4.79 Å². The van der Waals surface area contributed by atoms with E-state index < -0.39 is 6.04 Å². The summed E-state index contributed by atoms with van der Waals surface area (Å²) >= 11 is 1.22. The van der Waals surface area contributed by atoms with Crippen LogP contribution in [0.25, 0.3) is 6.08 Å². The normalized spacial score (nSPS) is 15.4. The highest BCUT2D eigenvalue weighted by atomic mass is 32.1. The van der Waals surface area contributed by atoms with Crippen LogP contribution in [0.3, 0.4) is 0 Å². The first-order valence-electron chi connectivity index (χ1n) is 11.6. The lowest BCUT2D eigenvalue weighted by Gasteiger charge is -2.23. The van der Waals surface area contributed by atoms with Crippen molar-refractivity contribution in [2.75, 3.05) is 12.4 Å². The number of ether oxygens (including phenoxy) is 1. The second kappa shape index (κ2) is 9.59. The first kappa shape index (κ1) is 24.3. The molecule has 3 heterocycles. The van der Waals surface area contributed by atoms with Gasteiger partial charge in [0.2, 0.25) is 0 Å². The number of thiazole rings is 1. The number of phenolic OH excluding ortho intramolecular Hbond substituents is 1. The Balaban J connectivity index is 1.66. The SMILES string of the molecule is COc1cc(/C=c2/sc3n(c2=O)C(c2ccc(C)o2)C(C(=O)Nc2ccccc2C)=C(C)N=3)ccc1O. The topological polar surface area (TPSA) is 106 Å². The molecule has 4 aromatic rings. The molecule has 1 aliphatic rings. The molecule has 0 fully saturated rings. The molecule has 8 nitrogen and oxygen atoms in total. The molecule has 0 radical (unpaired) electrons. The highest BCUT2D eigenvalue weighted by Crippen LogP contribution is 2.32. The Morgan fingerprint density at radius 1 is 1.16 bits per heavy atom. The van der Waals surface area contributed by atoms with Crippen LogP contribution in [0.2, 0.25) is 0 Å². The van der Waals surface area contributed by atoms with Crippen LogP contribution in [0.5, 0.6) is 11.5 Å². The predicted octanol–water partition coefficient (Wildman–Crippen LogP) is 3.80. The lowest BCUT2D eigenvalue weighted by Crippen LogP contribution is -2.40. The van der Waals surface area contributed by atoms with E-state index in [1.165, 1.54) is 29.1 Å². The van der Waals surface area contributed by atoms with Crippen LogP contribution >= 0.6 is 11.3 Å². The summed E-state index contributed by atoms with van der Waals surface area (Å²) in [5.74, 6) is 1.10. The average molecular weight is 516 g/mol. The Morgan fingerprint density at radius 2 is 1.95 bits per heavy atom. The maximum Gasteiger partial charge on any atom is 0.271 e. The number of allylic oxidation sites excluding steroid dienone is 1. The van der Waals surface area contributed by atoms with Crippen LogP contribution in [0, 0.1) is 13.8 Å². The lowest BCUT2D eigenvalue weighted by molar-refractivity contribution is -0.113. The molecule has 2 aromatic heterocycles. The zero-order valence-corrected chi connectivity index (χ0v) is 21.6. The van der Waals surface area contributed by atoms with E-state index in [0.29, 0.717) is 49.1 Å². The summed E-state index contributed by atoms with van der Waals surface area (Å²) in [6.45, 7) is 5.49. The fourth-order valence-electron chi connectivity index (χ4n) is 4.32. The van der Waals surface area contributed by atoms with Crippen molar-refractivity contribution in [2.24, 2.45) is 4.99 Å². The third kappa shape index (κ3) is 4.49. The van der Waals surface area contributed by atoms with Gasteiger partial charge in [0.05, 0.1) is 22.9 Å². The molecule has 1 amide bonds. The summed E-state index contributed by atoms with van der Waals surface area (Å²) < 4.78 is 13.1. The van der Waals surface area contributed by atoms with Gasteiger partial charge in [0.25, 0.3) is 11.5 Å². The third-order valence-corrected chi connectivity index (χ3v) is 7.17. The number of fused-ring (bicyclic) bond motifs is 1. The van der Waals surface area contributed by atoms with E-state index in [4.69, 9.17) is 9.15 Å². The number of furan rings is 1. The van der Waals surface area contributed by atoms with E-state index in [1.54, 1.807) is 37.3 Å². The van der Waals surface area contributed by atoms with Gasteiger partial charge in [-0.2, -0.15) is 0 Å². The number of hydrogen-bond donors (Lipinski definition) is 2. The van der Waals surface area contributed by atoms with Gasteiger partial charge < -0.3 is 19.6 Å². The summed E-state index contributed by atoms with van der Waals surface area (Å²) in [6.07, 6.45) is 1.71. The Labute approximate surface area is 216 Å². The molecule has 0 spiro atoms. The molecule has 37 heavy (non-hydrogen) atoms. The molecular weight excluding hydrogens is 490 g/mol. The summed E-state index contributed by atoms with van der Waals surface area (Å²) in [5.41, 5.74) is 2.82. The zero-order chi connectivity index (χ0) is 26.3. The first-order valence-corrected chi connectivity index (χ1v) is 12.4. The first-order chi connectivity index (χ1) is 17.8. The summed E-state index contributed by atoms with van der Waals surface area (Å²) in [6, 6.07) is 15.1. The van der Waals surface area contributed by atoms with Gasteiger partial charge in [-0.1, -0.05) is 35.6 Å². The number of rotatable bonds is 5. The molecule has 9 heteroatoms. The number of aryl methyl sites for hydroxylation is 2. The van der Waals surface area contributed by atoms with Gasteiger partial charge in [0.15, 0.2) is 16.3 Å². The molecule has 0 saturated carbocycles. The number of nitrogens with one attached hydrogen (secondary N) is 1. The van der Waals surface area contributed by atoms with Gasteiger partial charge in [0, 0.05) is 5.69 Å². The average Bonchev–Trinajstić information content (AvgIpc) is 3.43. The number of carbonyl (C=O) groups excluding carboxylic acids is 1. The van der Waals surface area contributed by atoms with Gasteiger partial charge in [-0.15, -0.1) is 0 Å². The summed E-state index contributed by atoms with van der Waals surface area (Å²) in [7, 11) is 1.46. The number of benzene rings is 2. The van der Waals surface area contributed by atoms with E-state index >= 15 is 0 Å². The largest absolute Gasteiger partial charge is 0.504 e. The quantitative estimate of drug-likeness (QED) is 0.421. The van der Waals surface area contributed by atoms with Crippen LogP contribution in [0.1, 0.15) is 35.6 Å². The van der Waals surface area contributed by atoms with E-state index in [2.05, 4.69) is 10.3 Å². The third-order valence-electron chi connectivity index (χ3n) is 6.19. The molecule has 2 aromatic carbocycles. The van der Waals surface area contributed by atoms with Gasteiger partial charge >= 0.3 is 0 Å². The predicted molar refractivity (Wildman–Crippen MR) is 142 cm³/mol. The molecule has 188 valence electrons. The number of para-hydroxylation sites is 1. The smallest absolute Gasteiger partial charge is 0.271 e. The molecule has 1 atom stereocenters. The van der Waals surface area contributed by atoms with Crippen molar-refractivity contribution in [1.29, 1.82) is 0 Å². The van der Waals surface area contributed by atoms with Crippen molar-refractivity contribution in [1.82, 2.24) is 4.57 Å². The lowest BCUT2D eigenvalue weighted by atomic mass is 10.00. The molecular formula is C28H25N3O5S. The number of hydrogen-bond acceptors (Lipinski definition) is 7. The van der Waals surface area contributed by atoms with E-state index in [1.807, 2.05) is 38.1 Å². The van der Waals surface area contributed by atoms with Crippen molar-refractivity contribution in [3.05, 3.63) is 108 Å².